The number of methoxy groups -OCH3 is 1. The quantitative estimate of drug-likeness (QED) is 0.805. The molecular weight excluding hydrogens is 278 g/mol. The molecule has 0 saturated heterocycles. The average molecular weight is 295 g/mol. The Bertz CT molecular complexity index is 793. The number of rotatable bonds is 4. The minimum atomic E-state index is -0.103. The highest BCUT2D eigenvalue weighted by atomic mass is 16.5. The van der Waals surface area contributed by atoms with Gasteiger partial charge >= 0.3 is 0 Å². The maximum Gasteiger partial charge on any atom is 0.275 e. The number of amides is 1. The lowest BCUT2D eigenvalue weighted by atomic mass is 10.1. The van der Waals surface area contributed by atoms with Crippen LogP contribution in [0.3, 0.4) is 0 Å². The first kappa shape index (κ1) is 14.1. The van der Waals surface area contributed by atoms with Crippen molar-refractivity contribution in [3.8, 4) is 5.75 Å². The van der Waals surface area contributed by atoms with E-state index in [0.717, 1.165) is 22.2 Å². The second-order valence-electron chi connectivity index (χ2n) is 5.13. The molecule has 5 nitrogen and oxygen atoms in total. The standard InChI is InChI=1S/C17H17N3O2/c1-20(11-12-7-9-13(22-2)10-8-12)17(21)16-14-5-3-4-6-15(14)18-19-16/h3-10H,11H2,1-2H3,(H,18,19). The van der Waals surface area contributed by atoms with Gasteiger partial charge in [0, 0.05) is 19.0 Å². The summed E-state index contributed by atoms with van der Waals surface area (Å²) >= 11 is 0. The molecule has 5 heteroatoms. The molecule has 0 spiro atoms. The first-order chi connectivity index (χ1) is 10.7. The van der Waals surface area contributed by atoms with Crippen LogP contribution in [0.1, 0.15) is 16.1 Å². The van der Waals surface area contributed by atoms with Gasteiger partial charge in [-0.2, -0.15) is 5.10 Å². The fraction of sp³-hybridized carbons (Fsp3) is 0.176. The van der Waals surface area contributed by atoms with Crippen LogP contribution in [0.2, 0.25) is 0 Å². The Morgan fingerprint density at radius 2 is 1.91 bits per heavy atom. The Balaban J connectivity index is 1.79. The van der Waals surface area contributed by atoms with Crippen molar-refractivity contribution < 1.29 is 9.53 Å². The number of nitrogens with zero attached hydrogens (tertiary/aromatic N) is 2. The van der Waals surface area contributed by atoms with Crippen molar-refractivity contribution in [2.45, 2.75) is 6.54 Å². The highest BCUT2D eigenvalue weighted by molar-refractivity contribution is 6.04. The first-order valence-electron chi connectivity index (χ1n) is 7.00. The lowest BCUT2D eigenvalue weighted by Gasteiger charge is -2.16. The van der Waals surface area contributed by atoms with E-state index < -0.39 is 0 Å². The molecule has 2 aromatic carbocycles. The van der Waals surface area contributed by atoms with Gasteiger partial charge in [-0.25, -0.2) is 0 Å². The Kier molecular flexibility index (Phi) is 3.78. The van der Waals surface area contributed by atoms with Gasteiger partial charge in [0.05, 0.1) is 12.6 Å². The van der Waals surface area contributed by atoms with Crippen LogP contribution in [0, 0.1) is 0 Å². The van der Waals surface area contributed by atoms with Gasteiger partial charge in [0.25, 0.3) is 5.91 Å². The van der Waals surface area contributed by atoms with Crippen LogP contribution in [-0.4, -0.2) is 35.2 Å². The molecule has 1 aromatic heterocycles. The third-order valence-electron chi connectivity index (χ3n) is 3.60. The van der Waals surface area contributed by atoms with E-state index in [4.69, 9.17) is 4.74 Å². The number of aromatic nitrogens is 2. The zero-order chi connectivity index (χ0) is 15.5. The normalized spacial score (nSPS) is 10.6. The van der Waals surface area contributed by atoms with Crippen molar-refractivity contribution in [1.82, 2.24) is 15.1 Å². The van der Waals surface area contributed by atoms with Gasteiger partial charge in [0.15, 0.2) is 5.69 Å². The molecule has 0 aliphatic heterocycles. The molecule has 112 valence electrons. The summed E-state index contributed by atoms with van der Waals surface area (Å²) in [4.78, 5) is 14.2. The fourth-order valence-electron chi connectivity index (χ4n) is 2.38. The Morgan fingerprint density at radius 1 is 1.18 bits per heavy atom. The number of ether oxygens (including phenoxy) is 1. The molecule has 1 N–H and O–H groups in total. The van der Waals surface area contributed by atoms with E-state index in [2.05, 4.69) is 10.2 Å². The number of nitrogens with one attached hydrogen (secondary N) is 1. The maximum atomic E-state index is 12.6. The number of para-hydroxylation sites is 1. The summed E-state index contributed by atoms with van der Waals surface area (Å²) in [5, 5.41) is 7.88. The molecule has 0 aliphatic rings. The second kappa shape index (κ2) is 5.89. The summed E-state index contributed by atoms with van der Waals surface area (Å²) < 4.78 is 5.13. The van der Waals surface area contributed by atoms with Gasteiger partial charge in [-0.3, -0.25) is 9.89 Å². The van der Waals surface area contributed by atoms with Gasteiger partial charge in [-0.05, 0) is 23.8 Å². The summed E-state index contributed by atoms with van der Waals surface area (Å²) in [7, 11) is 3.41. The third kappa shape index (κ3) is 2.65. The van der Waals surface area contributed by atoms with Crippen molar-refractivity contribution in [3.05, 3.63) is 59.8 Å². The van der Waals surface area contributed by atoms with E-state index in [1.54, 1.807) is 19.1 Å². The van der Waals surface area contributed by atoms with Gasteiger partial charge in [-0.15, -0.1) is 0 Å². The zero-order valence-electron chi connectivity index (χ0n) is 12.5. The number of carbonyl (C=O) groups excluding carboxylic acids is 1. The molecule has 3 aromatic rings. The van der Waals surface area contributed by atoms with Gasteiger partial charge in [0.2, 0.25) is 0 Å². The molecule has 0 saturated carbocycles. The maximum absolute atomic E-state index is 12.6. The van der Waals surface area contributed by atoms with Crippen LogP contribution in [0.25, 0.3) is 10.9 Å². The highest BCUT2D eigenvalue weighted by Crippen LogP contribution is 2.18. The number of H-pyrrole nitrogens is 1. The Morgan fingerprint density at radius 3 is 2.64 bits per heavy atom. The number of benzene rings is 2. The fourth-order valence-corrected chi connectivity index (χ4v) is 2.38. The van der Waals surface area contributed by atoms with E-state index in [-0.39, 0.29) is 5.91 Å². The smallest absolute Gasteiger partial charge is 0.275 e. The summed E-state index contributed by atoms with van der Waals surface area (Å²) in [6, 6.07) is 15.3. The summed E-state index contributed by atoms with van der Waals surface area (Å²) in [5.41, 5.74) is 2.35. The van der Waals surface area contributed by atoms with Crippen LogP contribution in [-0.2, 0) is 6.54 Å². The topological polar surface area (TPSA) is 58.2 Å². The minimum absolute atomic E-state index is 0.103. The van der Waals surface area contributed by atoms with Gasteiger partial charge in [0.1, 0.15) is 5.75 Å². The average Bonchev–Trinajstić information content (AvgIpc) is 2.99. The van der Waals surface area contributed by atoms with E-state index in [1.165, 1.54) is 0 Å². The van der Waals surface area contributed by atoms with Crippen LogP contribution in [0.5, 0.6) is 5.75 Å². The molecular formula is C17H17N3O2. The molecule has 1 heterocycles. The van der Waals surface area contributed by atoms with Crippen LogP contribution in [0.4, 0.5) is 0 Å². The van der Waals surface area contributed by atoms with Crippen LogP contribution >= 0.6 is 0 Å². The lowest BCUT2D eigenvalue weighted by Crippen LogP contribution is -2.26. The molecule has 22 heavy (non-hydrogen) atoms. The number of hydrogen-bond acceptors (Lipinski definition) is 3. The SMILES string of the molecule is COc1ccc(CN(C)C(=O)c2n[nH]c3ccccc23)cc1. The van der Waals surface area contributed by atoms with E-state index in [0.29, 0.717) is 12.2 Å². The van der Waals surface area contributed by atoms with Crippen LogP contribution < -0.4 is 4.74 Å². The number of carbonyl (C=O) groups is 1. The van der Waals surface area contributed by atoms with Gasteiger partial charge in [-0.1, -0.05) is 30.3 Å². The number of hydrogen-bond donors (Lipinski definition) is 1. The summed E-state index contributed by atoms with van der Waals surface area (Å²) in [6.07, 6.45) is 0. The molecule has 0 unspecified atom stereocenters. The monoisotopic (exact) mass is 295 g/mol. The van der Waals surface area contributed by atoms with E-state index in [9.17, 15) is 4.79 Å². The van der Waals surface area contributed by atoms with Gasteiger partial charge < -0.3 is 9.64 Å². The molecule has 0 bridgehead atoms. The Hall–Kier alpha value is -2.82. The molecule has 1 amide bonds. The zero-order valence-corrected chi connectivity index (χ0v) is 12.5. The summed E-state index contributed by atoms with van der Waals surface area (Å²) in [5.74, 6) is 0.698. The Labute approximate surface area is 128 Å². The van der Waals surface area contributed by atoms with Crippen molar-refractivity contribution in [1.29, 1.82) is 0 Å². The molecule has 0 fully saturated rings. The first-order valence-corrected chi connectivity index (χ1v) is 7.00. The predicted molar refractivity (Wildman–Crippen MR) is 84.9 cm³/mol. The summed E-state index contributed by atoms with van der Waals surface area (Å²) in [6.45, 7) is 0.518. The minimum Gasteiger partial charge on any atom is -0.497 e. The van der Waals surface area contributed by atoms with Crippen molar-refractivity contribution in [3.63, 3.8) is 0 Å². The predicted octanol–water partition coefficient (Wildman–Crippen LogP) is 2.84. The van der Waals surface area contributed by atoms with Crippen molar-refractivity contribution in [2.75, 3.05) is 14.2 Å². The van der Waals surface area contributed by atoms with Crippen LogP contribution in [0.15, 0.2) is 48.5 Å². The van der Waals surface area contributed by atoms with E-state index in [1.807, 2.05) is 48.5 Å². The van der Waals surface area contributed by atoms with Crippen molar-refractivity contribution in [2.24, 2.45) is 0 Å². The number of fused-ring (bicyclic) bond motifs is 1. The second-order valence-corrected chi connectivity index (χ2v) is 5.13. The lowest BCUT2D eigenvalue weighted by molar-refractivity contribution is 0.0781. The molecule has 0 radical (unpaired) electrons. The molecule has 0 atom stereocenters. The number of aromatic amines is 1. The highest BCUT2D eigenvalue weighted by Gasteiger charge is 2.18. The molecule has 3 rings (SSSR count). The largest absolute Gasteiger partial charge is 0.497 e. The van der Waals surface area contributed by atoms with E-state index >= 15 is 0 Å². The van der Waals surface area contributed by atoms with Crippen molar-refractivity contribution >= 4 is 16.8 Å². The third-order valence-corrected chi connectivity index (χ3v) is 3.60. The molecule has 0 aliphatic carbocycles.